The third-order valence-electron chi connectivity index (χ3n) is 6.08. The number of rotatable bonds is 8. The van der Waals surface area contributed by atoms with Crippen molar-refractivity contribution in [2.75, 3.05) is 19.1 Å². The molecular weight excluding hydrogens is 448 g/mol. The minimum atomic E-state index is 0.111. The zero-order valence-corrected chi connectivity index (χ0v) is 20.1. The second kappa shape index (κ2) is 10.3. The highest BCUT2D eigenvalue weighted by Gasteiger charge is 2.21. The lowest BCUT2D eigenvalue weighted by molar-refractivity contribution is -0.126. The van der Waals surface area contributed by atoms with Crippen LogP contribution < -0.4 is 9.47 Å². The van der Waals surface area contributed by atoms with E-state index in [-0.39, 0.29) is 12.7 Å². The fourth-order valence-electron chi connectivity index (χ4n) is 4.37. The van der Waals surface area contributed by atoms with Crippen LogP contribution in [0.4, 0.5) is 0 Å². The standard InChI is InChI=1S/C26H28N4O3S/c1-2-29(21-11-7-4-8-12-21)24(31)17-34-26-28-27-25(20-9-5-3-6-10-20)30(26)16-19-13-14-22-23(15-19)33-18-32-22/h3,5-6,9-11,13-15H,2,4,7-8,12,16-18H2,1H3. The van der Waals surface area contributed by atoms with E-state index in [0.717, 1.165) is 58.6 Å². The van der Waals surface area contributed by atoms with Crippen LogP contribution in [0.25, 0.3) is 11.4 Å². The van der Waals surface area contributed by atoms with Crippen LogP contribution in [0, 0.1) is 0 Å². The number of hydrogen-bond acceptors (Lipinski definition) is 6. The number of carbonyl (C=O) groups excluding carboxylic acids is 1. The average molecular weight is 477 g/mol. The number of fused-ring (bicyclic) bond motifs is 1. The van der Waals surface area contributed by atoms with E-state index in [2.05, 4.69) is 20.8 Å². The number of nitrogens with zero attached hydrogens (tertiary/aromatic N) is 4. The molecule has 2 aliphatic rings. The van der Waals surface area contributed by atoms with Crippen molar-refractivity contribution in [2.45, 2.75) is 44.3 Å². The van der Waals surface area contributed by atoms with Crippen LogP contribution in [0.3, 0.4) is 0 Å². The summed E-state index contributed by atoms with van der Waals surface area (Å²) in [5.74, 6) is 2.71. The molecule has 0 spiro atoms. The van der Waals surface area contributed by atoms with Crippen LogP contribution in [0.15, 0.2) is 65.5 Å². The average Bonchev–Trinajstić information content (AvgIpc) is 3.51. The van der Waals surface area contributed by atoms with Gasteiger partial charge in [-0.3, -0.25) is 9.36 Å². The van der Waals surface area contributed by atoms with Gasteiger partial charge < -0.3 is 14.4 Å². The first-order chi connectivity index (χ1) is 16.7. The van der Waals surface area contributed by atoms with Crippen LogP contribution in [0.2, 0.25) is 0 Å². The molecule has 34 heavy (non-hydrogen) atoms. The van der Waals surface area contributed by atoms with Crippen molar-refractivity contribution in [1.29, 1.82) is 0 Å². The molecule has 0 fully saturated rings. The van der Waals surface area contributed by atoms with Gasteiger partial charge in [-0.25, -0.2) is 0 Å². The number of benzene rings is 2. The van der Waals surface area contributed by atoms with Crippen molar-refractivity contribution < 1.29 is 14.3 Å². The Kier molecular flexibility index (Phi) is 6.85. The Morgan fingerprint density at radius 3 is 2.74 bits per heavy atom. The molecule has 0 unspecified atom stereocenters. The van der Waals surface area contributed by atoms with E-state index in [4.69, 9.17) is 9.47 Å². The molecule has 0 atom stereocenters. The maximum absolute atomic E-state index is 13.1. The van der Waals surface area contributed by atoms with Gasteiger partial charge >= 0.3 is 0 Å². The highest BCUT2D eigenvalue weighted by Crippen LogP contribution is 2.34. The fraction of sp³-hybridized carbons (Fsp3) is 0.346. The lowest BCUT2D eigenvalue weighted by Gasteiger charge is -2.26. The molecule has 5 rings (SSSR count). The molecule has 1 aliphatic carbocycles. The van der Waals surface area contributed by atoms with Gasteiger partial charge in [0, 0.05) is 17.8 Å². The van der Waals surface area contributed by atoms with Gasteiger partial charge in [0.1, 0.15) is 0 Å². The minimum absolute atomic E-state index is 0.111. The maximum Gasteiger partial charge on any atom is 0.237 e. The van der Waals surface area contributed by atoms with Gasteiger partial charge in [-0.15, -0.1) is 10.2 Å². The highest BCUT2D eigenvalue weighted by atomic mass is 32.2. The van der Waals surface area contributed by atoms with E-state index in [0.29, 0.717) is 18.8 Å². The normalized spacial score (nSPS) is 14.7. The number of hydrogen-bond donors (Lipinski definition) is 0. The van der Waals surface area contributed by atoms with Crippen molar-refractivity contribution in [2.24, 2.45) is 0 Å². The van der Waals surface area contributed by atoms with E-state index in [1.54, 1.807) is 0 Å². The number of ether oxygens (including phenoxy) is 2. The summed E-state index contributed by atoms with van der Waals surface area (Å²) in [5.41, 5.74) is 3.19. The smallest absolute Gasteiger partial charge is 0.237 e. The highest BCUT2D eigenvalue weighted by molar-refractivity contribution is 7.99. The number of aromatic nitrogens is 3. The van der Waals surface area contributed by atoms with Crippen LogP contribution in [0.1, 0.15) is 38.2 Å². The monoisotopic (exact) mass is 476 g/mol. The summed E-state index contributed by atoms with van der Waals surface area (Å²) in [6.07, 6.45) is 6.59. The number of allylic oxidation sites excluding steroid dienone is 2. The Hall–Kier alpha value is -3.26. The third-order valence-corrected chi connectivity index (χ3v) is 7.03. The number of amides is 1. The molecular formula is C26H28N4O3S. The summed E-state index contributed by atoms with van der Waals surface area (Å²) in [6.45, 7) is 3.53. The van der Waals surface area contributed by atoms with E-state index in [9.17, 15) is 4.79 Å². The van der Waals surface area contributed by atoms with Crippen molar-refractivity contribution >= 4 is 17.7 Å². The first-order valence-electron chi connectivity index (χ1n) is 11.7. The van der Waals surface area contributed by atoms with E-state index < -0.39 is 0 Å². The SMILES string of the molecule is CCN(C(=O)CSc1nnc(-c2ccccc2)n1Cc1ccc2c(c1)OCO2)C1=CCCCC1. The molecule has 2 heterocycles. The van der Waals surface area contributed by atoms with Crippen molar-refractivity contribution in [3.8, 4) is 22.9 Å². The molecule has 0 bridgehead atoms. The largest absolute Gasteiger partial charge is 0.454 e. The zero-order valence-electron chi connectivity index (χ0n) is 19.3. The van der Waals surface area contributed by atoms with Gasteiger partial charge in [-0.05, 0) is 50.3 Å². The molecule has 2 aromatic carbocycles. The van der Waals surface area contributed by atoms with Gasteiger partial charge in [0.05, 0.1) is 12.3 Å². The van der Waals surface area contributed by atoms with E-state index >= 15 is 0 Å². The third kappa shape index (κ3) is 4.82. The minimum Gasteiger partial charge on any atom is -0.454 e. The Morgan fingerprint density at radius 1 is 1.09 bits per heavy atom. The summed E-state index contributed by atoms with van der Waals surface area (Å²) in [7, 11) is 0. The summed E-state index contributed by atoms with van der Waals surface area (Å²) >= 11 is 1.44. The first kappa shape index (κ1) is 22.5. The quantitative estimate of drug-likeness (QED) is 0.420. The maximum atomic E-state index is 13.1. The molecule has 3 aromatic rings. The second-order valence-corrected chi connectivity index (χ2v) is 9.26. The Morgan fingerprint density at radius 2 is 1.94 bits per heavy atom. The second-order valence-electron chi connectivity index (χ2n) is 8.31. The molecule has 0 N–H and O–H groups in total. The van der Waals surface area contributed by atoms with Crippen LogP contribution in [-0.4, -0.2) is 44.7 Å². The molecule has 7 nitrogen and oxygen atoms in total. The molecule has 0 radical (unpaired) electrons. The van der Waals surface area contributed by atoms with Crippen molar-refractivity contribution in [3.05, 3.63) is 65.9 Å². The molecule has 1 aliphatic heterocycles. The van der Waals surface area contributed by atoms with Gasteiger partial charge in [-0.1, -0.05) is 54.2 Å². The Labute approximate surface area is 203 Å². The Balaban J connectivity index is 1.39. The first-order valence-corrected chi connectivity index (χ1v) is 12.7. The lowest BCUT2D eigenvalue weighted by Crippen LogP contribution is -2.32. The molecule has 0 saturated heterocycles. The van der Waals surface area contributed by atoms with Crippen LogP contribution in [-0.2, 0) is 11.3 Å². The summed E-state index contributed by atoms with van der Waals surface area (Å²) < 4.78 is 13.1. The summed E-state index contributed by atoms with van der Waals surface area (Å²) in [6, 6.07) is 15.9. The lowest BCUT2D eigenvalue weighted by atomic mass is 10.0. The molecule has 176 valence electrons. The van der Waals surface area contributed by atoms with E-state index in [1.165, 1.54) is 18.2 Å². The number of thioether (sulfide) groups is 1. The van der Waals surface area contributed by atoms with Gasteiger partial charge in [0.25, 0.3) is 0 Å². The summed E-state index contributed by atoms with van der Waals surface area (Å²) in [5, 5.41) is 9.67. The van der Waals surface area contributed by atoms with Gasteiger partial charge in [0.2, 0.25) is 12.7 Å². The predicted molar refractivity (Wildman–Crippen MR) is 132 cm³/mol. The summed E-state index contributed by atoms with van der Waals surface area (Å²) in [4.78, 5) is 15.0. The topological polar surface area (TPSA) is 69.5 Å². The van der Waals surface area contributed by atoms with Crippen molar-refractivity contribution in [1.82, 2.24) is 19.7 Å². The molecule has 8 heteroatoms. The molecule has 1 aromatic heterocycles. The van der Waals surface area contributed by atoms with Gasteiger partial charge in [-0.2, -0.15) is 0 Å². The predicted octanol–water partition coefficient (Wildman–Crippen LogP) is 5.12. The fourth-order valence-corrected chi connectivity index (χ4v) is 5.18. The van der Waals surface area contributed by atoms with Crippen LogP contribution in [0.5, 0.6) is 11.5 Å². The number of carbonyl (C=O) groups is 1. The van der Waals surface area contributed by atoms with Gasteiger partial charge in [0.15, 0.2) is 22.5 Å². The molecule has 0 saturated carbocycles. The Bertz CT molecular complexity index is 1190. The van der Waals surface area contributed by atoms with E-state index in [1.807, 2.05) is 60.4 Å². The molecule has 1 amide bonds. The zero-order chi connectivity index (χ0) is 23.3. The van der Waals surface area contributed by atoms with Crippen LogP contribution >= 0.6 is 11.8 Å². The van der Waals surface area contributed by atoms with Crippen molar-refractivity contribution in [3.63, 3.8) is 0 Å².